The highest BCUT2D eigenvalue weighted by Gasteiger charge is 2.21. The molecule has 0 aromatic heterocycles. The number of nitrogens with one attached hydrogen (secondary N) is 1. The van der Waals surface area contributed by atoms with E-state index in [1.165, 1.54) is 6.07 Å². The summed E-state index contributed by atoms with van der Waals surface area (Å²) in [5.41, 5.74) is 0.319. The molecule has 2 nitrogen and oxygen atoms in total. The van der Waals surface area contributed by atoms with Crippen LogP contribution in [0.5, 0.6) is 5.75 Å². The predicted molar refractivity (Wildman–Crippen MR) is 48.0 cm³/mol. The van der Waals surface area contributed by atoms with E-state index >= 15 is 0 Å². The molecule has 1 atom stereocenters. The van der Waals surface area contributed by atoms with Crippen molar-refractivity contribution < 1.29 is 13.9 Å². The van der Waals surface area contributed by atoms with Crippen LogP contribution in [0.2, 0.25) is 0 Å². The summed E-state index contributed by atoms with van der Waals surface area (Å²) in [7, 11) is 0. The van der Waals surface area contributed by atoms with Crippen molar-refractivity contribution in [3.63, 3.8) is 0 Å². The Morgan fingerprint density at radius 3 is 2.79 bits per heavy atom. The fraction of sp³-hybridized carbons (Fsp3) is 0.400. The molecule has 1 aliphatic rings. The van der Waals surface area contributed by atoms with Crippen LogP contribution in [-0.2, 0) is 0 Å². The van der Waals surface area contributed by atoms with Crippen LogP contribution in [0.1, 0.15) is 24.4 Å². The zero-order chi connectivity index (χ0) is 10.1. The average Bonchev–Trinajstić information content (AvgIpc) is 2.63. The van der Waals surface area contributed by atoms with Gasteiger partial charge in [-0.1, -0.05) is 0 Å². The SMILES string of the molecule is Oc1c(F)cc(F)cc1C1CCCN1. The van der Waals surface area contributed by atoms with E-state index in [4.69, 9.17) is 0 Å². The maximum Gasteiger partial charge on any atom is 0.168 e. The lowest BCUT2D eigenvalue weighted by Gasteiger charge is -2.12. The number of halogens is 2. The van der Waals surface area contributed by atoms with Crippen molar-refractivity contribution >= 4 is 0 Å². The van der Waals surface area contributed by atoms with Crippen LogP contribution in [0, 0.1) is 11.6 Å². The van der Waals surface area contributed by atoms with Crippen molar-refractivity contribution in [2.75, 3.05) is 6.54 Å². The number of aromatic hydroxyl groups is 1. The molecule has 1 saturated heterocycles. The Labute approximate surface area is 80.6 Å². The van der Waals surface area contributed by atoms with Gasteiger partial charge >= 0.3 is 0 Å². The second kappa shape index (κ2) is 3.53. The minimum Gasteiger partial charge on any atom is -0.505 e. The number of hydrogen-bond acceptors (Lipinski definition) is 2. The Hall–Kier alpha value is -1.16. The molecule has 1 heterocycles. The lowest BCUT2D eigenvalue weighted by Crippen LogP contribution is -2.13. The minimum atomic E-state index is -0.895. The van der Waals surface area contributed by atoms with Crippen LogP contribution in [0.3, 0.4) is 0 Å². The van der Waals surface area contributed by atoms with Gasteiger partial charge < -0.3 is 10.4 Å². The Morgan fingerprint density at radius 1 is 1.36 bits per heavy atom. The average molecular weight is 199 g/mol. The first kappa shape index (κ1) is 9.40. The molecule has 0 bridgehead atoms. The van der Waals surface area contributed by atoms with Gasteiger partial charge in [0.25, 0.3) is 0 Å². The van der Waals surface area contributed by atoms with Gasteiger partial charge in [-0.2, -0.15) is 0 Å². The van der Waals surface area contributed by atoms with Crippen molar-refractivity contribution in [1.82, 2.24) is 5.32 Å². The van der Waals surface area contributed by atoms with Crippen molar-refractivity contribution in [3.8, 4) is 5.75 Å². The van der Waals surface area contributed by atoms with Gasteiger partial charge in [0.2, 0.25) is 0 Å². The molecule has 1 fully saturated rings. The zero-order valence-corrected chi connectivity index (χ0v) is 7.56. The highest BCUT2D eigenvalue weighted by molar-refractivity contribution is 5.37. The second-order valence-electron chi connectivity index (χ2n) is 3.47. The number of rotatable bonds is 1. The molecule has 76 valence electrons. The summed E-state index contributed by atoms with van der Waals surface area (Å²) in [6.45, 7) is 0.822. The molecule has 0 aliphatic carbocycles. The number of phenolic OH excluding ortho intramolecular Hbond substituents is 1. The first-order valence-electron chi connectivity index (χ1n) is 4.60. The van der Waals surface area contributed by atoms with E-state index in [0.717, 1.165) is 19.4 Å². The van der Waals surface area contributed by atoms with Crippen LogP contribution in [0.25, 0.3) is 0 Å². The van der Waals surface area contributed by atoms with E-state index in [1.807, 2.05) is 0 Å². The summed E-state index contributed by atoms with van der Waals surface area (Å²) in [5.74, 6) is -1.98. The lowest BCUT2D eigenvalue weighted by molar-refractivity contribution is 0.412. The highest BCUT2D eigenvalue weighted by atomic mass is 19.1. The maximum atomic E-state index is 13.0. The van der Waals surface area contributed by atoms with Crippen molar-refractivity contribution in [2.24, 2.45) is 0 Å². The summed E-state index contributed by atoms with van der Waals surface area (Å²) in [4.78, 5) is 0. The third-order valence-electron chi connectivity index (χ3n) is 2.49. The monoisotopic (exact) mass is 199 g/mol. The molecule has 1 aromatic carbocycles. The molecule has 1 aliphatic heterocycles. The standard InChI is InChI=1S/C10H11F2NO/c11-6-4-7(9-2-1-3-13-9)10(14)8(12)5-6/h4-5,9,13-14H,1-3H2. The molecule has 4 heteroatoms. The molecular formula is C10H11F2NO. The minimum absolute atomic E-state index is 0.125. The van der Waals surface area contributed by atoms with E-state index in [2.05, 4.69) is 5.32 Å². The molecule has 1 aromatic rings. The van der Waals surface area contributed by atoms with Gasteiger partial charge in [0.05, 0.1) is 0 Å². The van der Waals surface area contributed by atoms with E-state index in [9.17, 15) is 13.9 Å². The number of phenols is 1. The van der Waals surface area contributed by atoms with E-state index in [0.29, 0.717) is 11.6 Å². The van der Waals surface area contributed by atoms with Gasteiger partial charge in [-0.25, -0.2) is 8.78 Å². The molecule has 0 amide bonds. The van der Waals surface area contributed by atoms with Gasteiger partial charge in [-0.15, -0.1) is 0 Å². The third kappa shape index (κ3) is 1.57. The first-order valence-corrected chi connectivity index (χ1v) is 4.60. The molecule has 0 radical (unpaired) electrons. The molecule has 1 unspecified atom stereocenters. The predicted octanol–water partition coefficient (Wildman–Crippen LogP) is 2.09. The van der Waals surface area contributed by atoms with Gasteiger partial charge in [0, 0.05) is 17.7 Å². The van der Waals surface area contributed by atoms with E-state index < -0.39 is 17.4 Å². The summed E-state index contributed by atoms with van der Waals surface area (Å²) in [6, 6.07) is 1.75. The fourth-order valence-corrected chi connectivity index (χ4v) is 1.80. The first-order chi connectivity index (χ1) is 6.68. The number of hydrogen-bond donors (Lipinski definition) is 2. The quantitative estimate of drug-likeness (QED) is 0.725. The van der Waals surface area contributed by atoms with Crippen LogP contribution in [0.15, 0.2) is 12.1 Å². The summed E-state index contributed by atoms with van der Waals surface area (Å²) in [6.07, 6.45) is 1.76. The third-order valence-corrected chi connectivity index (χ3v) is 2.49. The van der Waals surface area contributed by atoms with Crippen LogP contribution < -0.4 is 5.32 Å². The number of benzene rings is 1. The highest BCUT2D eigenvalue weighted by Crippen LogP contribution is 2.32. The smallest absolute Gasteiger partial charge is 0.168 e. The Balaban J connectivity index is 2.40. The van der Waals surface area contributed by atoms with Gasteiger partial charge in [0.15, 0.2) is 11.6 Å². The van der Waals surface area contributed by atoms with Crippen LogP contribution in [0.4, 0.5) is 8.78 Å². The van der Waals surface area contributed by atoms with Gasteiger partial charge in [-0.3, -0.25) is 0 Å². The van der Waals surface area contributed by atoms with Crippen molar-refractivity contribution in [1.29, 1.82) is 0 Å². The Bertz CT molecular complexity index is 348. The van der Waals surface area contributed by atoms with Gasteiger partial charge in [0.1, 0.15) is 5.82 Å². The molecule has 0 spiro atoms. The van der Waals surface area contributed by atoms with Gasteiger partial charge in [-0.05, 0) is 25.5 Å². The topological polar surface area (TPSA) is 32.3 Å². The lowest BCUT2D eigenvalue weighted by atomic mass is 10.0. The summed E-state index contributed by atoms with van der Waals surface area (Å²) < 4.78 is 25.9. The zero-order valence-electron chi connectivity index (χ0n) is 7.56. The summed E-state index contributed by atoms with van der Waals surface area (Å²) >= 11 is 0. The van der Waals surface area contributed by atoms with Crippen molar-refractivity contribution in [3.05, 3.63) is 29.3 Å². The normalized spacial score (nSPS) is 21.4. The second-order valence-corrected chi connectivity index (χ2v) is 3.47. The van der Waals surface area contributed by atoms with Crippen LogP contribution >= 0.6 is 0 Å². The molecular weight excluding hydrogens is 188 g/mol. The van der Waals surface area contributed by atoms with Crippen molar-refractivity contribution in [2.45, 2.75) is 18.9 Å². The van der Waals surface area contributed by atoms with E-state index in [-0.39, 0.29) is 6.04 Å². The molecule has 14 heavy (non-hydrogen) atoms. The Morgan fingerprint density at radius 2 is 2.14 bits per heavy atom. The van der Waals surface area contributed by atoms with E-state index in [1.54, 1.807) is 0 Å². The van der Waals surface area contributed by atoms with Crippen LogP contribution in [-0.4, -0.2) is 11.7 Å². The fourth-order valence-electron chi connectivity index (χ4n) is 1.80. The molecule has 2 N–H and O–H groups in total. The summed E-state index contributed by atoms with van der Waals surface area (Å²) in [5, 5.41) is 12.5. The molecule has 0 saturated carbocycles. The maximum absolute atomic E-state index is 13.0. The largest absolute Gasteiger partial charge is 0.505 e. The molecule has 2 rings (SSSR count). The Kier molecular flexibility index (Phi) is 2.37.